The first-order valence-corrected chi connectivity index (χ1v) is 7.77. The summed E-state index contributed by atoms with van der Waals surface area (Å²) in [5.74, 6) is -1.84. The molecule has 1 radical (unpaired) electrons. The topological polar surface area (TPSA) is 110 Å². The van der Waals surface area contributed by atoms with Crippen LogP contribution >= 0.6 is 0 Å². The SMILES string of the molecule is CC(C)(C)OC(=O)[N][C@@H](CCCCN)C(=O)C(=O)OC(C)(C)C. The van der Waals surface area contributed by atoms with Crippen molar-refractivity contribution >= 4 is 17.8 Å². The fourth-order valence-electron chi connectivity index (χ4n) is 1.62. The van der Waals surface area contributed by atoms with Crippen LogP contribution in [0, 0.1) is 0 Å². The monoisotopic (exact) mass is 329 g/mol. The van der Waals surface area contributed by atoms with Crippen molar-refractivity contribution in [2.24, 2.45) is 5.73 Å². The lowest BCUT2D eigenvalue weighted by Crippen LogP contribution is -2.43. The van der Waals surface area contributed by atoms with Gasteiger partial charge >= 0.3 is 12.1 Å². The number of amides is 1. The largest absolute Gasteiger partial charge is 0.454 e. The van der Waals surface area contributed by atoms with Gasteiger partial charge in [-0.05, 0) is 67.3 Å². The number of carbonyl (C=O) groups excluding carboxylic acids is 3. The van der Waals surface area contributed by atoms with Crippen molar-refractivity contribution in [3.05, 3.63) is 0 Å². The maximum absolute atomic E-state index is 12.2. The van der Waals surface area contributed by atoms with E-state index in [2.05, 4.69) is 5.32 Å². The van der Waals surface area contributed by atoms with Crippen molar-refractivity contribution in [2.75, 3.05) is 6.54 Å². The lowest BCUT2D eigenvalue weighted by atomic mass is 10.0. The highest BCUT2D eigenvalue weighted by Crippen LogP contribution is 2.12. The summed E-state index contributed by atoms with van der Waals surface area (Å²) in [5, 5.41) is 3.73. The molecule has 0 spiro atoms. The normalized spacial score (nSPS) is 13.2. The predicted octanol–water partition coefficient (Wildman–Crippen LogP) is 1.93. The third-order valence-corrected chi connectivity index (χ3v) is 2.49. The second-order valence-electron chi connectivity index (χ2n) is 7.28. The van der Waals surface area contributed by atoms with E-state index in [-0.39, 0.29) is 6.42 Å². The number of rotatable bonds is 7. The summed E-state index contributed by atoms with van der Waals surface area (Å²) in [6, 6.07) is -1.11. The van der Waals surface area contributed by atoms with Crippen LogP contribution in [0.25, 0.3) is 0 Å². The number of hydrogen-bond donors (Lipinski definition) is 1. The maximum atomic E-state index is 12.2. The van der Waals surface area contributed by atoms with E-state index < -0.39 is 35.1 Å². The van der Waals surface area contributed by atoms with Gasteiger partial charge in [0.05, 0.1) is 0 Å². The van der Waals surface area contributed by atoms with Crippen LogP contribution < -0.4 is 11.1 Å². The standard InChI is InChI=1S/C16H29N2O5/c1-15(2,3)22-13(20)12(19)11(9-7-8-10-17)18-14(21)23-16(4,5)6/h11H,7-10,17H2,1-6H3/t11-/m0/s1. The molecule has 0 aliphatic heterocycles. The van der Waals surface area contributed by atoms with Crippen LogP contribution in [0.5, 0.6) is 0 Å². The molecule has 0 heterocycles. The molecule has 0 rings (SSSR count). The Hall–Kier alpha value is -1.63. The minimum absolute atomic E-state index is 0.245. The zero-order valence-corrected chi connectivity index (χ0v) is 15.0. The molecule has 7 nitrogen and oxygen atoms in total. The summed E-state index contributed by atoms with van der Waals surface area (Å²) in [6.45, 7) is 10.5. The van der Waals surface area contributed by atoms with E-state index in [9.17, 15) is 14.4 Å². The molecule has 0 bridgehead atoms. The first-order chi connectivity index (χ1) is 10.4. The molecule has 0 aromatic carbocycles. The third-order valence-electron chi connectivity index (χ3n) is 2.49. The number of ether oxygens (including phenoxy) is 2. The van der Waals surface area contributed by atoms with Crippen LogP contribution in [0.4, 0.5) is 4.79 Å². The molecule has 0 saturated heterocycles. The Kier molecular flexibility index (Phi) is 8.23. The van der Waals surface area contributed by atoms with Crippen molar-refractivity contribution in [3.63, 3.8) is 0 Å². The van der Waals surface area contributed by atoms with Crippen molar-refractivity contribution in [1.29, 1.82) is 0 Å². The number of nitrogens with zero attached hydrogens (tertiary/aromatic N) is 1. The van der Waals surface area contributed by atoms with Crippen molar-refractivity contribution in [2.45, 2.75) is 78.0 Å². The lowest BCUT2D eigenvalue weighted by Gasteiger charge is -2.23. The van der Waals surface area contributed by atoms with Crippen molar-refractivity contribution in [1.82, 2.24) is 5.32 Å². The molecule has 0 aromatic rings. The second-order valence-corrected chi connectivity index (χ2v) is 7.28. The zero-order valence-electron chi connectivity index (χ0n) is 15.0. The van der Waals surface area contributed by atoms with Gasteiger partial charge in [-0.1, -0.05) is 0 Å². The molecule has 0 fully saturated rings. The Morgan fingerprint density at radius 3 is 1.91 bits per heavy atom. The fraction of sp³-hybridized carbons (Fsp3) is 0.812. The van der Waals surface area contributed by atoms with Gasteiger partial charge in [0.1, 0.15) is 17.2 Å². The first kappa shape index (κ1) is 21.4. The van der Waals surface area contributed by atoms with Crippen LogP contribution in [-0.4, -0.2) is 41.6 Å². The van der Waals surface area contributed by atoms with Gasteiger partial charge in [-0.15, -0.1) is 0 Å². The summed E-state index contributed by atoms with van der Waals surface area (Å²) in [4.78, 5) is 35.9. The minimum atomic E-state index is -1.11. The van der Waals surface area contributed by atoms with Gasteiger partial charge < -0.3 is 15.2 Å². The predicted molar refractivity (Wildman–Crippen MR) is 85.9 cm³/mol. The fourth-order valence-corrected chi connectivity index (χ4v) is 1.62. The molecule has 0 aliphatic rings. The van der Waals surface area contributed by atoms with Gasteiger partial charge in [-0.2, -0.15) is 0 Å². The number of unbranched alkanes of at least 4 members (excludes halogenated alkanes) is 1. The Bertz CT molecular complexity index is 421. The van der Waals surface area contributed by atoms with Crippen molar-refractivity contribution in [3.8, 4) is 0 Å². The molecular formula is C16H29N2O5. The molecule has 23 heavy (non-hydrogen) atoms. The molecule has 0 unspecified atom stereocenters. The van der Waals surface area contributed by atoms with E-state index in [0.717, 1.165) is 0 Å². The Morgan fingerprint density at radius 2 is 1.48 bits per heavy atom. The van der Waals surface area contributed by atoms with E-state index in [1.807, 2.05) is 0 Å². The average Bonchev–Trinajstić information content (AvgIpc) is 2.32. The molecule has 0 aromatic heterocycles. The van der Waals surface area contributed by atoms with Crippen LogP contribution in [0.2, 0.25) is 0 Å². The number of esters is 1. The Morgan fingerprint density at radius 1 is 0.957 bits per heavy atom. The number of ketones is 1. The summed E-state index contributed by atoms with van der Waals surface area (Å²) >= 11 is 0. The second kappa shape index (κ2) is 8.86. The zero-order chi connectivity index (χ0) is 18.3. The molecular weight excluding hydrogens is 300 g/mol. The summed E-state index contributed by atoms with van der Waals surface area (Å²) in [6.07, 6.45) is 0.616. The molecule has 1 amide bonds. The molecule has 1 atom stereocenters. The van der Waals surface area contributed by atoms with Gasteiger partial charge in [0.25, 0.3) is 5.78 Å². The number of carbonyl (C=O) groups is 3. The van der Waals surface area contributed by atoms with E-state index in [1.165, 1.54) is 0 Å². The number of Topliss-reactive ketones (excluding diaryl/α,β-unsaturated/α-hetero) is 1. The summed E-state index contributed by atoms with van der Waals surface area (Å²) in [5.41, 5.74) is 3.90. The smallest absolute Gasteiger partial charge is 0.430 e. The summed E-state index contributed by atoms with van der Waals surface area (Å²) in [7, 11) is 0. The van der Waals surface area contributed by atoms with Gasteiger partial charge in [0.2, 0.25) is 0 Å². The highest BCUT2D eigenvalue weighted by Gasteiger charge is 2.33. The van der Waals surface area contributed by atoms with Crippen LogP contribution in [-0.2, 0) is 19.1 Å². The number of hydrogen-bond acceptors (Lipinski definition) is 6. The third kappa shape index (κ3) is 10.7. The summed E-state index contributed by atoms with van der Waals surface area (Å²) < 4.78 is 10.1. The first-order valence-electron chi connectivity index (χ1n) is 7.77. The molecule has 2 N–H and O–H groups in total. The lowest BCUT2D eigenvalue weighted by molar-refractivity contribution is -0.163. The van der Waals surface area contributed by atoms with Gasteiger partial charge in [-0.25, -0.2) is 14.9 Å². The maximum Gasteiger partial charge on any atom is 0.430 e. The average molecular weight is 329 g/mol. The highest BCUT2D eigenvalue weighted by atomic mass is 16.6. The quantitative estimate of drug-likeness (QED) is 0.434. The molecule has 133 valence electrons. The van der Waals surface area contributed by atoms with E-state index >= 15 is 0 Å². The molecule has 7 heteroatoms. The molecule has 0 aliphatic carbocycles. The van der Waals surface area contributed by atoms with Gasteiger partial charge in [0.15, 0.2) is 0 Å². The van der Waals surface area contributed by atoms with E-state index in [0.29, 0.717) is 19.4 Å². The Balaban J connectivity index is 4.88. The van der Waals surface area contributed by atoms with Crippen LogP contribution in [0.3, 0.4) is 0 Å². The molecule has 0 saturated carbocycles. The van der Waals surface area contributed by atoms with Gasteiger partial charge in [0, 0.05) is 0 Å². The van der Waals surface area contributed by atoms with Crippen LogP contribution in [0.15, 0.2) is 0 Å². The van der Waals surface area contributed by atoms with Gasteiger partial charge in [-0.3, -0.25) is 4.79 Å². The number of nitrogens with two attached hydrogens (primary N) is 1. The van der Waals surface area contributed by atoms with E-state index in [1.54, 1.807) is 41.5 Å². The van der Waals surface area contributed by atoms with Crippen molar-refractivity contribution < 1.29 is 23.9 Å². The van der Waals surface area contributed by atoms with E-state index in [4.69, 9.17) is 15.2 Å². The Labute approximate surface area is 138 Å². The van der Waals surface area contributed by atoms with Crippen LogP contribution in [0.1, 0.15) is 60.8 Å². The highest BCUT2D eigenvalue weighted by molar-refractivity contribution is 6.36. The minimum Gasteiger partial charge on any atom is -0.454 e.